The maximum Gasteiger partial charge on any atom is 0.234 e. The van der Waals surface area contributed by atoms with Crippen LogP contribution in [0.3, 0.4) is 0 Å². The van der Waals surface area contributed by atoms with Gasteiger partial charge in [-0.25, -0.2) is 0 Å². The lowest BCUT2D eigenvalue weighted by molar-refractivity contribution is 0.0920. The van der Waals surface area contributed by atoms with Crippen molar-refractivity contribution in [3.8, 4) is 28.3 Å². The number of furan rings is 1. The summed E-state index contributed by atoms with van der Waals surface area (Å²) in [6.45, 7) is 3.17. The molecule has 6 aromatic rings. The van der Waals surface area contributed by atoms with Crippen LogP contribution in [0.1, 0.15) is 38.0 Å². The van der Waals surface area contributed by atoms with Gasteiger partial charge in [-0.3, -0.25) is 9.59 Å². The molecule has 0 saturated carbocycles. The topological polar surface area (TPSA) is 109 Å². The summed E-state index contributed by atoms with van der Waals surface area (Å²) in [5, 5.41) is 8.88. The van der Waals surface area contributed by atoms with E-state index in [1.54, 1.807) is 38.1 Å². The van der Waals surface area contributed by atoms with Crippen molar-refractivity contribution in [3.05, 3.63) is 113 Å². The highest BCUT2D eigenvalue weighted by atomic mass is 16.5. The van der Waals surface area contributed by atoms with Gasteiger partial charge in [0.15, 0.2) is 12.4 Å². The molecule has 6 rings (SSSR count). The fourth-order valence-electron chi connectivity index (χ4n) is 4.48. The van der Waals surface area contributed by atoms with Gasteiger partial charge in [-0.2, -0.15) is 0 Å². The third-order valence-electron chi connectivity index (χ3n) is 6.41. The number of benzene rings is 3. The molecule has 0 amide bonds. The molecule has 3 heterocycles. The first-order chi connectivity index (χ1) is 19.0. The summed E-state index contributed by atoms with van der Waals surface area (Å²) in [4.78, 5) is 26.5. The van der Waals surface area contributed by atoms with Crippen LogP contribution in [-0.2, 0) is 0 Å². The predicted molar refractivity (Wildman–Crippen MR) is 143 cm³/mol. The first-order valence-electron chi connectivity index (χ1n) is 12.3. The number of ketones is 2. The number of fused-ring (bicyclic) bond motifs is 1. The van der Waals surface area contributed by atoms with Crippen molar-refractivity contribution in [1.82, 2.24) is 10.3 Å². The number of ether oxygens (including phenoxy) is 1. The quantitative estimate of drug-likeness (QED) is 0.201. The standard InChI is InChI=1S/C31H22N2O6/c1-18-27(29(32-38-18)20-9-5-3-6-10-20)24(34)17-36-23-14-13-22-15-26(37-25(22)16-23)31(35)28-19(2)39-33-30(28)21-11-7-4-8-12-21/h3-16H,17H2,1-2H3. The molecule has 3 aromatic heterocycles. The van der Waals surface area contributed by atoms with E-state index in [1.807, 2.05) is 60.7 Å². The minimum Gasteiger partial charge on any atom is -0.485 e. The summed E-state index contributed by atoms with van der Waals surface area (Å²) in [5.74, 6) is 0.795. The average Bonchev–Trinajstić information content (AvgIpc) is 3.68. The molecule has 0 fully saturated rings. The summed E-state index contributed by atoms with van der Waals surface area (Å²) >= 11 is 0. The number of carbonyl (C=O) groups is 2. The molecule has 3 aromatic carbocycles. The van der Waals surface area contributed by atoms with E-state index in [0.29, 0.717) is 50.8 Å². The van der Waals surface area contributed by atoms with E-state index in [-0.39, 0.29) is 23.9 Å². The Labute approximate surface area is 222 Å². The number of aromatic nitrogens is 2. The van der Waals surface area contributed by atoms with Crippen LogP contribution in [0.15, 0.2) is 98.4 Å². The normalized spacial score (nSPS) is 11.1. The van der Waals surface area contributed by atoms with Crippen LogP contribution in [0.4, 0.5) is 0 Å². The summed E-state index contributed by atoms with van der Waals surface area (Å²) in [6, 6.07) is 25.5. The molecule has 0 aliphatic rings. The van der Waals surface area contributed by atoms with E-state index in [9.17, 15) is 9.59 Å². The summed E-state index contributed by atoms with van der Waals surface area (Å²) in [7, 11) is 0. The second kappa shape index (κ2) is 9.90. The van der Waals surface area contributed by atoms with Gasteiger partial charge in [-0.05, 0) is 32.0 Å². The van der Waals surface area contributed by atoms with E-state index in [0.717, 1.165) is 11.1 Å². The lowest BCUT2D eigenvalue weighted by atomic mass is 10.0. The van der Waals surface area contributed by atoms with Crippen molar-refractivity contribution in [2.24, 2.45) is 0 Å². The van der Waals surface area contributed by atoms with Gasteiger partial charge in [0.1, 0.15) is 34.2 Å². The highest BCUT2D eigenvalue weighted by Gasteiger charge is 2.26. The Morgan fingerprint density at radius 2 is 1.33 bits per heavy atom. The van der Waals surface area contributed by atoms with Gasteiger partial charge in [-0.1, -0.05) is 71.0 Å². The molecule has 192 valence electrons. The molecule has 0 aliphatic carbocycles. The molecule has 0 N–H and O–H groups in total. The Morgan fingerprint density at radius 3 is 1.97 bits per heavy atom. The van der Waals surface area contributed by atoms with E-state index in [1.165, 1.54) is 0 Å². The third kappa shape index (κ3) is 4.53. The number of carbonyl (C=O) groups excluding carboxylic acids is 2. The summed E-state index contributed by atoms with van der Waals surface area (Å²) in [6.07, 6.45) is 0. The highest BCUT2D eigenvalue weighted by Crippen LogP contribution is 2.31. The van der Waals surface area contributed by atoms with Crippen LogP contribution in [0.2, 0.25) is 0 Å². The second-order valence-electron chi connectivity index (χ2n) is 9.01. The maximum absolute atomic E-state index is 13.4. The van der Waals surface area contributed by atoms with Crippen LogP contribution in [-0.4, -0.2) is 28.5 Å². The van der Waals surface area contributed by atoms with E-state index >= 15 is 0 Å². The summed E-state index contributed by atoms with van der Waals surface area (Å²) < 4.78 is 22.3. The fraction of sp³-hybridized carbons (Fsp3) is 0.0968. The number of nitrogens with zero attached hydrogens (tertiary/aromatic N) is 2. The molecule has 8 heteroatoms. The van der Waals surface area contributed by atoms with Crippen LogP contribution in [0, 0.1) is 13.8 Å². The Bertz CT molecular complexity index is 1810. The Kier molecular flexibility index (Phi) is 6.13. The number of rotatable bonds is 8. The minimum absolute atomic E-state index is 0.148. The molecule has 0 radical (unpaired) electrons. The zero-order chi connectivity index (χ0) is 26.9. The van der Waals surface area contributed by atoms with Gasteiger partial charge in [0.05, 0.1) is 11.1 Å². The smallest absolute Gasteiger partial charge is 0.234 e. The van der Waals surface area contributed by atoms with Crippen molar-refractivity contribution < 1.29 is 27.8 Å². The van der Waals surface area contributed by atoms with Crippen LogP contribution in [0.25, 0.3) is 33.5 Å². The van der Waals surface area contributed by atoms with Gasteiger partial charge in [0.25, 0.3) is 0 Å². The lowest BCUT2D eigenvalue weighted by Gasteiger charge is -2.06. The van der Waals surface area contributed by atoms with Crippen LogP contribution in [0.5, 0.6) is 5.75 Å². The van der Waals surface area contributed by atoms with Gasteiger partial charge >= 0.3 is 0 Å². The molecule has 0 aliphatic heterocycles. The van der Waals surface area contributed by atoms with Gasteiger partial charge < -0.3 is 18.2 Å². The molecule has 0 unspecified atom stereocenters. The third-order valence-corrected chi connectivity index (χ3v) is 6.41. The molecule has 39 heavy (non-hydrogen) atoms. The SMILES string of the molecule is Cc1onc(-c2ccccc2)c1C(=O)COc1ccc2cc(C(=O)c3c(-c4ccccc4)noc3C)oc2c1. The van der Waals surface area contributed by atoms with Crippen molar-refractivity contribution in [1.29, 1.82) is 0 Å². The van der Waals surface area contributed by atoms with Crippen molar-refractivity contribution in [3.63, 3.8) is 0 Å². The Morgan fingerprint density at radius 1 is 0.744 bits per heavy atom. The van der Waals surface area contributed by atoms with Gasteiger partial charge in [0.2, 0.25) is 11.6 Å². The summed E-state index contributed by atoms with van der Waals surface area (Å²) in [5.41, 5.74) is 3.67. The Hall–Kier alpha value is -5.24. The van der Waals surface area contributed by atoms with E-state index in [2.05, 4.69) is 10.3 Å². The first kappa shape index (κ1) is 24.1. The molecule has 0 bridgehead atoms. The van der Waals surface area contributed by atoms with E-state index < -0.39 is 0 Å². The number of aryl methyl sites for hydroxylation is 2. The minimum atomic E-state index is -0.335. The Balaban J connectivity index is 1.23. The van der Waals surface area contributed by atoms with Crippen LogP contribution >= 0.6 is 0 Å². The largest absolute Gasteiger partial charge is 0.485 e. The zero-order valence-electron chi connectivity index (χ0n) is 21.1. The maximum atomic E-state index is 13.4. The molecule has 0 atom stereocenters. The van der Waals surface area contributed by atoms with Crippen molar-refractivity contribution in [2.75, 3.05) is 6.61 Å². The molecular weight excluding hydrogens is 496 g/mol. The highest BCUT2D eigenvalue weighted by molar-refractivity contribution is 6.12. The average molecular weight is 519 g/mol. The van der Waals surface area contributed by atoms with Crippen molar-refractivity contribution in [2.45, 2.75) is 13.8 Å². The molecule has 8 nitrogen and oxygen atoms in total. The second-order valence-corrected chi connectivity index (χ2v) is 9.01. The zero-order valence-corrected chi connectivity index (χ0v) is 21.1. The monoisotopic (exact) mass is 518 g/mol. The molecule has 0 spiro atoms. The van der Waals surface area contributed by atoms with Gasteiger partial charge in [0, 0.05) is 22.6 Å². The van der Waals surface area contributed by atoms with Crippen molar-refractivity contribution >= 4 is 22.5 Å². The van der Waals surface area contributed by atoms with E-state index in [4.69, 9.17) is 18.2 Å². The number of hydrogen-bond acceptors (Lipinski definition) is 8. The molecule has 0 saturated heterocycles. The number of hydrogen-bond donors (Lipinski definition) is 0. The lowest BCUT2D eigenvalue weighted by Crippen LogP contribution is -2.13. The van der Waals surface area contributed by atoms with Gasteiger partial charge in [-0.15, -0.1) is 0 Å². The van der Waals surface area contributed by atoms with Crippen LogP contribution < -0.4 is 4.74 Å². The fourth-order valence-corrected chi connectivity index (χ4v) is 4.48. The molecular formula is C31H22N2O6. The first-order valence-corrected chi connectivity index (χ1v) is 12.3. The predicted octanol–water partition coefficient (Wildman–Crippen LogP) is 6.85. The number of Topliss-reactive ketones (excluding diaryl/α,β-unsaturated/α-hetero) is 1.